The number of hydrogen-bond acceptors (Lipinski definition) is 16. The molecule has 18 heteroatoms. The fourth-order valence-corrected chi connectivity index (χ4v) is 5.96. The van der Waals surface area contributed by atoms with Crippen molar-refractivity contribution in [1.29, 1.82) is 0 Å². The van der Waals surface area contributed by atoms with Gasteiger partial charge < -0.3 is 53.0 Å². The highest BCUT2D eigenvalue weighted by molar-refractivity contribution is 6.74. The predicted molar refractivity (Wildman–Crippen MR) is 183 cm³/mol. The highest BCUT2D eigenvalue weighted by Gasteiger charge is 2.48. The van der Waals surface area contributed by atoms with E-state index in [9.17, 15) is 44.4 Å². The molecule has 16 nitrogen and oxygen atoms in total. The van der Waals surface area contributed by atoms with Crippen molar-refractivity contribution in [2.24, 2.45) is 0 Å². The molecule has 0 radical (unpaired) electrons. The molecule has 0 saturated carbocycles. The molecule has 0 aliphatic rings. The Morgan fingerprint density at radius 3 is 1.38 bits per heavy atom. The minimum absolute atomic E-state index is 0.123. The number of carbonyl (C=O) groups is 5. The second kappa shape index (κ2) is 19.5. The molecular weight excluding hydrogens is 697 g/mol. The van der Waals surface area contributed by atoms with E-state index in [4.69, 9.17) is 32.5 Å². The molecule has 0 amide bonds. The van der Waals surface area contributed by atoms with Gasteiger partial charge in [0.05, 0.1) is 13.2 Å². The lowest BCUT2D eigenvalue weighted by atomic mass is 10.0. The van der Waals surface area contributed by atoms with Crippen molar-refractivity contribution in [3.63, 3.8) is 0 Å². The van der Waals surface area contributed by atoms with Crippen molar-refractivity contribution in [3.8, 4) is 0 Å². The molecule has 1 unspecified atom stereocenters. The Labute approximate surface area is 297 Å². The lowest BCUT2D eigenvalue weighted by Gasteiger charge is -2.41. The van der Waals surface area contributed by atoms with Crippen molar-refractivity contribution >= 4 is 46.8 Å². The van der Waals surface area contributed by atoms with E-state index in [1.54, 1.807) is 0 Å². The van der Waals surface area contributed by atoms with Crippen LogP contribution in [0.25, 0.3) is 0 Å². The SMILES string of the molecule is CC(=O)O[C@H]([C@@H](O)[C@@H](O)[C@H](O)CO[Si](C)(C)C(C)(C)C)[C@H](O)OC([C@@H](CO[Si](C)(C)C(C)(C)C)OC(C)=O)[C@H](OC(C)=O)[C@H](C=O)OC(C)=O. The van der Waals surface area contributed by atoms with Crippen LogP contribution in [-0.2, 0) is 56.5 Å². The molecule has 0 rings (SSSR count). The molecule has 9 atom stereocenters. The normalized spacial score (nSPS) is 18.3. The first-order valence-corrected chi connectivity index (χ1v) is 22.1. The van der Waals surface area contributed by atoms with Crippen LogP contribution in [0.5, 0.6) is 0 Å². The van der Waals surface area contributed by atoms with Crippen molar-refractivity contribution in [2.75, 3.05) is 13.2 Å². The zero-order valence-electron chi connectivity index (χ0n) is 31.9. The lowest BCUT2D eigenvalue weighted by molar-refractivity contribution is -0.268. The molecule has 4 N–H and O–H groups in total. The quantitative estimate of drug-likeness (QED) is 0.0456. The third-order valence-electron chi connectivity index (χ3n) is 8.87. The zero-order valence-corrected chi connectivity index (χ0v) is 33.9. The van der Waals surface area contributed by atoms with E-state index in [0.717, 1.165) is 27.7 Å². The first-order valence-electron chi connectivity index (χ1n) is 16.3. The highest BCUT2D eigenvalue weighted by atomic mass is 28.4. The van der Waals surface area contributed by atoms with E-state index in [1.165, 1.54) is 0 Å². The molecule has 0 saturated heterocycles. The van der Waals surface area contributed by atoms with Crippen LogP contribution in [0, 0.1) is 0 Å². The highest BCUT2D eigenvalue weighted by Crippen LogP contribution is 2.38. The fraction of sp³-hybridized carbons (Fsp3) is 0.844. The molecule has 0 aromatic rings. The zero-order chi connectivity index (χ0) is 39.6. The van der Waals surface area contributed by atoms with Gasteiger partial charge in [0.2, 0.25) is 0 Å². The van der Waals surface area contributed by atoms with Gasteiger partial charge in [-0.3, -0.25) is 24.0 Å². The molecule has 50 heavy (non-hydrogen) atoms. The van der Waals surface area contributed by atoms with Crippen molar-refractivity contribution in [1.82, 2.24) is 0 Å². The van der Waals surface area contributed by atoms with Crippen LogP contribution < -0.4 is 0 Å². The summed E-state index contributed by atoms with van der Waals surface area (Å²) >= 11 is 0. The maximum Gasteiger partial charge on any atom is 0.303 e. The number of aldehydes is 1. The van der Waals surface area contributed by atoms with Crippen LogP contribution in [-0.4, -0.2) is 136 Å². The topological polar surface area (TPSA) is 231 Å². The summed E-state index contributed by atoms with van der Waals surface area (Å²) in [5, 5.41) is 43.5. The molecule has 0 aromatic heterocycles. The molecule has 0 aromatic carbocycles. The summed E-state index contributed by atoms with van der Waals surface area (Å²) in [5.41, 5.74) is 0. The van der Waals surface area contributed by atoms with Gasteiger partial charge in [0, 0.05) is 27.7 Å². The number of aliphatic hydroxyl groups excluding tert-OH is 4. The van der Waals surface area contributed by atoms with E-state index in [-0.39, 0.29) is 16.4 Å². The number of aliphatic hydroxyl groups is 4. The maximum absolute atomic E-state index is 12.3. The van der Waals surface area contributed by atoms with Crippen LogP contribution >= 0.6 is 0 Å². The summed E-state index contributed by atoms with van der Waals surface area (Å²) in [7, 11) is -5.03. The first-order chi connectivity index (χ1) is 22.5. The third-order valence-corrected chi connectivity index (χ3v) is 17.9. The average molecular weight is 757 g/mol. The molecule has 0 aliphatic heterocycles. The van der Waals surface area contributed by atoms with Gasteiger partial charge in [-0.2, -0.15) is 0 Å². The second-order valence-electron chi connectivity index (χ2n) is 15.2. The number of esters is 4. The van der Waals surface area contributed by atoms with Gasteiger partial charge in [-0.15, -0.1) is 0 Å². The summed E-state index contributed by atoms with van der Waals surface area (Å²) in [5.74, 6) is -3.90. The largest absolute Gasteiger partial charge is 0.457 e. The molecular formula is C32H60O16Si2. The lowest BCUT2D eigenvalue weighted by Crippen LogP contribution is -2.58. The Morgan fingerprint density at radius 2 is 1.00 bits per heavy atom. The Hall–Kier alpha value is -2.30. The number of ether oxygens (including phenoxy) is 5. The summed E-state index contributed by atoms with van der Waals surface area (Å²) in [6, 6.07) is 0. The third kappa shape index (κ3) is 15.1. The van der Waals surface area contributed by atoms with E-state index >= 15 is 0 Å². The van der Waals surface area contributed by atoms with Gasteiger partial charge in [0.1, 0.15) is 24.4 Å². The Balaban J connectivity index is 7.00. The van der Waals surface area contributed by atoms with Crippen molar-refractivity contribution < 1.29 is 76.9 Å². The number of carbonyl (C=O) groups excluding carboxylic acids is 5. The first kappa shape index (κ1) is 47.7. The standard InChI is InChI=1S/C32H60O16Si2/c1-18(34)44-23(15-33)27(46-20(3)36)28(24(45-19(2)35)17-43-50(13,14)32(8,9)10)48-30(41)29(47-21(4)37)26(40)25(39)22(38)16-42-49(11,12)31(5,6)7/h15,22-30,38-41H,16-17H2,1-14H3/t22-,23+,24-,25+,26+,27-,28?,29-,30-/m1/s1. The smallest absolute Gasteiger partial charge is 0.303 e. The van der Waals surface area contributed by atoms with Crippen molar-refractivity contribution in [3.05, 3.63) is 0 Å². The van der Waals surface area contributed by atoms with Gasteiger partial charge in [-0.25, -0.2) is 0 Å². The van der Waals surface area contributed by atoms with E-state index < -0.39 is 109 Å². The predicted octanol–water partition coefficient (Wildman–Crippen LogP) is 1.74. The monoisotopic (exact) mass is 756 g/mol. The van der Waals surface area contributed by atoms with Crippen LogP contribution in [0.2, 0.25) is 36.3 Å². The van der Waals surface area contributed by atoms with Crippen LogP contribution in [0.15, 0.2) is 0 Å². The molecule has 0 heterocycles. The van der Waals surface area contributed by atoms with E-state index in [2.05, 4.69) is 0 Å². The van der Waals surface area contributed by atoms with Crippen LogP contribution in [0.4, 0.5) is 0 Å². The minimum Gasteiger partial charge on any atom is -0.457 e. The van der Waals surface area contributed by atoms with Gasteiger partial charge in [0.25, 0.3) is 0 Å². The fourth-order valence-electron chi connectivity index (χ4n) is 3.93. The number of rotatable bonds is 20. The van der Waals surface area contributed by atoms with Gasteiger partial charge in [-0.05, 0) is 36.3 Å². The summed E-state index contributed by atoms with van der Waals surface area (Å²) in [4.78, 5) is 60.9. The number of hydrogen-bond donors (Lipinski definition) is 4. The molecule has 0 fully saturated rings. The average Bonchev–Trinajstić information content (AvgIpc) is 2.94. The van der Waals surface area contributed by atoms with Crippen molar-refractivity contribution in [2.45, 2.75) is 161 Å². The molecule has 0 bridgehead atoms. The van der Waals surface area contributed by atoms with Gasteiger partial charge >= 0.3 is 23.9 Å². The van der Waals surface area contributed by atoms with E-state index in [1.807, 2.05) is 67.7 Å². The van der Waals surface area contributed by atoms with Gasteiger partial charge in [-0.1, -0.05) is 41.5 Å². The molecule has 292 valence electrons. The van der Waals surface area contributed by atoms with E-state index in [0.29, 0.717) is 0 Å². The summed E-state index contributed by atoms with van der Waals surface area (Å²) in [6.07, 6.45) is -17.7. The van der Waals surface area contributed by atoms with Crippen LogP contribution in [0.1, 0.15) is 69.2 Å². The Morgan fingerprint density at radius 1 is 0.600 bits per heavy atom. The summed E-state index contributed by atoms with van der Waals surface area (Å²) in [6.45, 7) is 22.3. The maximum atomic E-state index is 12.3. The Bertz CT molecular complexity index is 1130. The van der Waals surface area contributed by atoms with Gasteiger partial charge in [0.15, 0.2) is 53.6 Å². The second-order valence-corrected chi connectivity index (χ2v) is 24.8. The molecule has 0 aliphatic carbocycles. The van der Waals surface area contributed by atoms with Crippen LogP contribution in [0.3, 0.4) is 0 Å². The minimum atomic E-state index is -2.61. The molecule has 0 spiro atoms. The summed E-state index contributed by atoms with van der Waals surface area (Å²) < 4.78 is 39.0. The Kier molecular flexibility index (Phi) is 18.6.